The van der Waals surface area contributed by atoms with Crippen LogP contribution in [-0.2, 0) is 0 Å². The molecule has 0 aromatic rings. The predicted molar refractivity (Wildman–Crippen MR) is 82.3 cm³/mol. The van der Waals surface area contributed by atoms with Crippen molar-refractivity contribution in [1.29, 1.82) is 0 Å². The molecule has 3 unspecified atom stereocenters. The third-order valence-corrected chi connectivity index (χ3v) is 5.20. The maximum Gasteiger partial charge on any atom is 0.0108 e. The summed E-state index contributed by atoms with van der Waals surface area (Å²) in [5.41, 5.74) is 6.24. The van der Waals surface area contributed by atoms with Crippen LogP contribution < -0.4 is 5.73 Å². The number of hydrogen-bond donors (Lipinski definition) is 1. The van der Waals surface area contributed by atoms with Crippen LogP contribution in [-0.4, -0.2) is 54.6 Å². The molecular formula is C16H33N3. The molecule has 112 valence electrons. The van der Waals surface area contributed by atoms with Crippen molar-refractivity contribution in [2.24, 2.45) is 11.7 Å². The second kappa shape index (κ2) is 7.61. The summed E-state index contributed by atoms with van der Waals surface area (Å²) in [6.07, 6.45) is 7.88. The highest BCUT2D eigenvalue weighted by Gasteiger charge is 2.30. The fourth-order valence-corrected chi connectivity index (χ4v) is 3.89. The monoisotopic (exact) mass is 267 g/mol. The summed E-state index contributed by atoms with van der Waals surface area (Å²) in [6.45, 7) is 11.0. The zero-order chi connectivity index (χ0) is 13.7. The van der Waals surface area contributed by atoms with Crippen LogP contribution in [0.2, 0.25) is 0 Å². The van der Waals surface area contributed by atoms with Crippen molar-refractivity contribution in [2.75, 3.05) is 32.7 Å². The maximum atomic E-state index is 6.24. The normalized spacial score (nSPS) is 35.2. The Morgan fingerprint density at radius 3 is 2.63 bits per heavy atom. The Kier molecular flexibility index (Phi) is 6.11. The van der Waals surface area contributed by atoms with E-state index in [0.717, 1.165) is 12.0 Å². The molecule has 19 heavy (non-hydrogen) atoms. The van der Waals surface area contributed by atoms with Gasteiger partial charge in [0.25, 0.3) is 0 Å². The largest absolute Gasteiger partial charge is 0.327 e. The number of rotatable bonds is 4. The smallest absolute Gasteiger partial charge is 0.0108 e. The molecule has 2 aliphatic rings. The highest BCUT2D eigenvalue weighted by molar-refractivity contribution is 4.87. The summed E-state index contributed by atoms with van der Waals surface area (Å²) < 4.78 is 0. The van der Waals surface area contributed by atoms with Crippen molar-refractivity contribution in [3.8, 4) is 0 Å². The summed E-state index contributed by atoms with van der Waals surface area (Å²) >= 11 is 0. The summed E-state index contributed by atoms with van der Waals surface area (Å²) in [7, 11) is 0. The molecule has 0 aromatic heterocycles. The van der Waals surface area contributed by atoms with E-state index in [4.69, 9.17) is 5.73 Å². The van der Waals surface area contributed by atoms with Crippen molar-refractivity contribution in [3.63, 3.8) is 0 Å². The maximum absolute atomic E-state index is 6.24. The highest BCUT2D eigenvalue weighted by atomic mass is 15.2. The molecule has 0 radical (unpaired) electrons. The fourth-order valence-electron chi connectivity index (χ4n) is 3.89. The van der Waals surface area contributed by atoms with Crippen molar-refractivity contribution < 1.29 is 0 Å². The molecule has 3 atom stereocenters. The Bertz CT molecular complexity index is 256. The molecule has 3 nitrogen and oxygen atoms in total. The summed E-state index contributed by atoms with van der Waals surface area (Å²) in [6, 6.07) is 1.27. The van der Waals surface area contributed by atoms with Crippen LogP contribution in [0.15, 0.2) is 0 Å². The lowest BCUT2D eigenvalue weighted by atomic mass is 9.89. The van der Waals surface area contributed by atoms with Gasteiger partial charge in [0.15, 0.2) is 0 Å². The average Bonchev–Trinajstić information content (AvgIpc) is 2.66. The molecule has 0 bridgehead atoms. The van der Waals surface area contributed by atoms with E-state index in [2.05, 4.69) is 23.6 Å². The van der Waals surface area contributed by atoms with Gasteiger partial charge >= 0.3 is 0 Å². The van der Waals surface area contributed by atoms with Crippen LogP contribution >= 0.6 is 0 Å². The van der Waals surface area contributed by atoms with Crippen molar-refractivity contribution in [3.05, 3.63) is 0 Å². The molecule has 0 saturated carbocycles. The Morgan fingerprint density at radius 2 is 1.89 bits per heavy atom. The van der Waals surface area contributed by atoms with Crippen LogP contribution in [0.4, 0.5) is 0 Å². The summed E-state index contributed by atoms with van der Waals surface area (Å²) in [5.74, 6) is 0.726. The van der Waals surface area contributed by atoms with Crippen molar-refractivity contribution >= 4 is 0 Å². The first-order chi connectivity index (χ1) is 9.24. The van der Waals surface area contributed by atoms with E-state index in [1.165, 1.54) is 71.2 Å². The van der Waals surface area contributed by atoms with Gasteiger partial charge in [0.05, 0.1) is 0 Å². The van der Waals surface area contributed by atoms with Crippen LogP contribution in [0.25, 0.3) is 0 Å². The third kappa shape index (κ3) is 4.17. The lowest BCUT2D eigenvalue weighted by molar-refractivity contribution is 0.0974. The molecule has 0 spiro atoms. The quantitative estimate of drug-likeness (QED) is 0.848. The Labute approximate surface area is 119 Å². The zero-order valence-electron chi connectivity index (χ0n) is 13.0. The molecule has 2 rings (SSSR count). The lowest BCUT2D eigenvalue weighted by Gasteiger charge is -2.41. The van der Waals surface area contributed by atoms with Gasteiger partial charge in [-0.05, 0) is 64.2 Å². The summed E-state index contributed by atoms with van der Waals surface area (Å²) in [5, 5.41) is 0. The van der Waals surface area contributed by atoms with Crippen LogP contribution in [0.5, 0.6) is 0 Å². The molecule has 0 aromatic carbocycles. The standard InChI is InChI=1S/C16H33N3/c1-3-9-18-10-5-6-15(7-11-18)19-12-8-16(17)14(4-2)13-19/h14-16H,3-13,17H2,1-2H3. The van der Waals surface area contributed by atoms with Gasteiger partial charge < -0.3 is 10.6 Å². The van der Waals surface area contributed by atoms with E-state index in [-0.39, 0.29) is 0 Å². The molecule has 2 N–H and O–H groups in total. The van der Waals surface area contributed by atoms with Gasteiger partial charge in [-0.2, -0.15) is 0 Å². The van der Waals surface area contributed by atoms with E-state index in [0.29, 0.717) is 6.04 Å². The summed E-state index contributed by atoms with van der Waals surface area (Å²) in [4.78, 5) is 5.42. The first-order valence-corrected chi connectivity index (χ1v) is 8.46. The Morgan fingerprint density at radius 1 is 1.05 bits per heavy atom. The fraction of sp³-hybridized carbons (Fsp3) is 1.00. The Hall–Kier alpha value is -0.120. The predicted octanol–water partition coefficient (Wildman–Crippen LogP) is 2.31. The SMILES string of the molecule is CCCN1CCCC(N2CCC(N)C(CC)C2)CC1. The third-order valence-electron chi connectivity index (χ3n) is 5.20. The number of likely N-dealkylation sites (tertiary alicyclic amines) is 2. The van der Waals surface area contributed by atoms with Crippen molar-refractivity contribution in [1.82, 2.24) is 9.80 Å². The van der Waals surface area contributed by atoms with E-state index in [1.807, 2.05) is 0 Å². The second-order valence-electron chi connectivity index (χ2n) is 6.54. The Balaban J connectivity index is 1.84. The molecule has 2 fully saturated rings. The number of piperidine rings is 1. The van der Waals surface area contributed by atoms with Crippen LogP contribution in [0.1, 0.15) is 52.4 Å². The molecule has 2 aliphatic heterocycles. The first-order valence-electron chi connectivity index (χ1n) is 8.46. The zero-order valence-corrected chi connectivity index (χ0v) is 13.0. The number of nitrogens with zero attached hydrogens (tertiary/aromatic N) is 2. The van der Waals surface area contributed by atoms with Crippen molar-refractivity contribution in [2.45, 2.75) is 64.5 Å². The molecule has 0 aliphatic carbocycles. The molecule has 0 amide bonds. The van der Waals surface area contributed by atoms with Gasteiger partial charge in [-0.3, -0.25) is 4.90 Å². The van der Waals surface area contributed by atoms with E-state index >= 15 is 0 Å². The van der Waals surface area contributed by atoms with E-state index in [1.54, 1.807) is 0 Å². The molecule has 2 heterocycles. The number of hydrogen-bond acceptors (Lipinski definition) is 3. The average molecular weight is 267 g/mol. The lowest BCUT2D eigenvalue weighted by Crippen LogP contribution is -2.50. The molecule has 2 saturated heterocycles. The minimum absolute atomic E-state index is 0.448. The number of nitrogens with two attached hydrogens (primary N) is 1. The first kappa shape index (κ1) is 15.3. The topological polar surface area (TPSA) is 32.5 Å². The van der Waals surface area contributed by atoms with Gasteiger partial charge in [0.1, 0.15) is 0 Å². The van der Waals surface area contributed by atoms with Gasteiger partial charge in [-0.25, -0.2) is 0 Å². The van der Waals surface area contributed by atoms with E-state index < -0.39 is 0 Å². The van der Waals surface area contributed by atoms with Gasteiger partial charge in [0, 0.05) is 18.6 Å². The highest BCUT2D eigenvalue weighted by Crippen LogP contribution is 2.25. The molecular weight excluding hydrogens is 234 g/mol. The van der Waals surface area contributed by atoms with Crippen LogP contribution in [0, 0.1) is 5.92 Å². The van der Waals surface area contributed by atoms with Gasteiger partial charge in [-0.1, -0.05) is 20.3 Å². The van der Waals surface area contributed by atoms with Gasteiger partial charge in [-0.15, -0.1) is 0 Å². The molecule has 3 heteroatoms. The minimum atomic E-state index is 0.448. The van der Waals surface area contributed by atoms with Gasteiger partial charge in [0.2, 0.25) is 0 Å². The van der Waals surface area contributed by atoms with Crippen LogP contribution in [0.3, 0.4) is 0 Å². The minimum Gasteiger partial charge on any atom is -0.327 e. The second-order valence-corrected chi connectivity index (χ2v) is 6.54. The van der Waals surface area contributed by atoms with E-state index in [9.17, 15) is 0 Å².